The van der Waals surface area contributed by atoms with E-state index in [1.807, 2.05) is 19.1 Å². The molecule has 3 rings (SSSR count). The van der Waals surface area contributed by atoms with Gasteiger partial charge >= 0.3 is 0 Å². The third-order valence-electron chi connectivity index (χ3n) is 5.38. The van der Waals surface area contributed by atoms with Crippen molar-refractivity contribution in [2.75, 3.05) is 26.7 Å². The molecule has 0 radical (unpaired) electrons. The van der Waals surface area contributed by atoms with E-state index in [1.165, 1.54) is 29.7 Å². The molecular formula is C22H30N2O2S. The highest BCUT2D eigenvalue weighted by molar-refractivity contribution is 7.12. The zero-order valence-corrected chi connectivity index (χ0v) is 17.3. The molecule has 2 atom stereocenters. The van der Waals surface area contributed by atoms with Crippen molar-refractivity contribution < 1.29 is 9.53 Å². The molecule has 1 aromatic carbocycles. The summed E-state index contributed by atoms with van der Waals surface area (Å²) >= 11 is 1.70. The summed E-state index contributed by atoms with van der Waals surface area (Å²) < 4.78 is 5.29. The predicted molar refractivity (Wildman–Crippen MR) is 112 cm³/mol. The molecule has 1 aliphatic rings. The Morgan fingerprint density at radius 3 is 2.44 bits per heavy atom. The van der Waals surface area contributed by atoms with Gasteiger partial charge in [-0.05, 0) is 69.6 Å². The van der Waals surface area contributed by atoms with Crippen molar-refractivity contribution >= 4 is 17.2 Å². The molecule has 1 fully saturated rings. The van der Waals surface area contributed by atoms with Crippen LogP contribution in [-0.4, -0.2) is 37.6 Å². The third-order valence-corrected chi connectivity index (χ3v) is 6.57. The van der Waals surface area contributed by atoms with Crippen LogP contribution in [0.3, 0.4) is 0 Å². The molecule has 27 heavy (non-hydrogen) atoms. The molecule has 1 saturated heterocycles. The molecular weight excluding hydrogens is 356 g/mol. The zero-order chi connectivity index (χ0) is 19.2. The first-order valence-electron chi connectivity index (χ1n) is 9.80. The van der Waals surface area contributed by atoms with Gasteiger partial charge in [-0.25, -0.2) is 0 Å². The van der Waals surface area contributed by atoms with E-state index in [0.717, 1.165) is 23.7 Å². The Balaban J connectivity index is 1.69. The number of methoxy groups -OCH3 is 1. The van der Waals surface area contributed by atoms with Crippen molar-refractivity contribution in [2.24, 2.45) is 0 Å². The molecule has 2 heterocycles. The van der Waals surface area contributed by atoms with E-state index >= 15 is 0 Å². The number of nitrogens with one attached hydrogen (secondary N) is 1. The number of benzene rings is 1. The molecule has 0 saturated carbocycles. The second kappa shape index (κ2) is 9.38. The maximum atomic E-state index is 12.7. The highest BCUT2D eigenvalue weighted by atomic mass is 32.1. The minimum absolute atomic E-state index is 0.104. The number of hydrogen-bond donors (Lipinski definition) is 1. The summed E-state index contributed by atoms with van der Waals surface area (Å²) in [6, 6.07) is 12.6. The average Bonchev–Trinajstić information content (AvgIpc) is 3.15. The Hall–Kier alpha value is -1.85. The van der Waals surface area contributed by atoms with Crippen LogP contribution in [-0.2, 0) is 4.79 Å². The standard InChI is InChI=1S/C22H30N2O2S/c1-16-7-12-21(27-16)17(2)22(25)23-15-20(24-13-5-4-6-14-24)18-8-10-19(26-3)11-9-18/h7-12,17,20H,4-6,13-15H2,1-3H3,(H,23,25)/t17-,20+/m0/s1. The van der Waals surface area contributed by atoms with Gasteiger partial charge in [0, 0.05) is 16.3 Å². The highest BCUT2D eigenvalue weighted by Gasteiger charge is 2.24. The fraction of sp³-hybridized carbons (Fsp3) is 0.500. The third kappa shape index (κ3) is 5.11. The Morgan fingerprint density at radius 1 is 1.15 bits per heavy atom. The van der Waals surface area contributed by atoms with Crippen molar-refractivity contribution in [1.82, 2.24) is 10.2 Å². The number of hydrogen-bond acceptors (Lipinski definition) is 4. The van der Waals surface area contributed by atoms with Gasteiger partial charge in [-0.15, -0.1) is 11.3 Å². The van der Waals surface area contributed by atoms with Gasteiger partial charge in [0.2, 0.25) is 5.91 Å². The maximum Gasteiger partial charge on any atom is 0.228 e. The number of thiophene rings is 1. The number of aryl methyl sites for hydroxylation is 1. The van der Waals surface area contributed by atoms with Crippen LogP contribution in [0.4, 0.5) is 0 Å². The molecule has 5 heteroatoms. The molecule has 0 spiro atoms. The maximum absolute atomic E-state index is 12.7. The second-order valence-corrected chi connectivity index (χ2v) is 8.62. The molecule has 2 aromatic rings. The first-order valence-corrected chi connectivity index (χ1v) is 10.6. The number of amides is 1. The second-order valence-electron chi connectivity index (χ2n) is 7.30. The monoisotopic (exact) mass is 386 g/mol. The lowest BCUT2D eigenvalue weighted by Gasteiger charge is -2.35. The summed E-state index contributed by atoms with van der Waals surface area (Å²) in [5.74, 6) is 0.857. The van der Waals surface area contributed by atoms with Gasteiger partial charge in [0.05, 0.1) is 19.1 Å². The first-order chi connectivity index (χ1) is 13.1. The minimum atomic E-state index is -0.110. The fourth-order valence-electron chi connectivity index (χ4n) is 3.68. The largest absolute Gasteiger partial charge is 0.497 e. The van der Waals surface area contributed by atoms with Crippen molar-refractivity contribution in [1.29, 1.82) is 0 Å². The number of nitrogens with zero attached hydrogens (tertiary/aromatic N) is 1. The van der Waals surface area contributed by atoms with Gasteiger partial charge in [-0.1, -0.05) is 18.6 Å². The zero-order valence-electron chi connectivity index (χ0n) is 16.5. The van der Waals surface area contributed by atoms with Crippen LogP contribution in [0.15, 0.2) is 36.4 Å². The summed E-state index contributed by atoms with van der Waals surface area (Å²) in [5.41, 5.74) is 1.23. The van der Waals surface area contributed by atoms with Crippen molar-refractivity contribution in [3.8, 4) is 5.75 Å². The summed E-state index contributed by atoms with van der Waals surface area (Å²) in [5, 5.41) is 3.21. The van der Waals surface area contributed by atoms with Crippen LogP contribution in [0.2, 0.25) is 0 Å². The molecule has 0 unspecified atom stereocenters. The molecule has 1 aliphatic heterocycles. The lowest BCUT2D eigenvalue weighted by molar-refractivity contribution is -0.122. The number of piperidine rings is 1. The summed E-state index contributed by atoms with van der Waals surface area (Å²) in [7, 11) is 1.69. The Morgan fingerprint density at radius 2 is 1.85 bits per heavy atom. The van der Waals surface area contributed by atoms with Gasteiger partial charge in [-0.2, -0.15) is 0 Å². The number of carbonyl (C=O) groups is 1. The van der Waals surface area contributed by atoms with E-state index in [-0.39, 0.29) is 17.9 Å². The van der Waals surface area contributed by atoms with Gasteiger partial charge in [0.25, 0.3) is 0 Å². The van der Waals surface area contributed by atoms with E-state index in [1.54, 1.807) is 18.4 Å². The Labute approximate surface area is 166 Å². The molecule has 0 aliphatic carbocycles. The minimum Gasteiger partial charge on any atom is -0.497 e. The van der Waals surface area contributed by atoms with Crippen LogP contribution in [0, 0.1) is 6.92 Å². The van der Waals surface area contributed by atoms with E-state index < -0.39 is 0 Å². The predicted octanol–water partition coefficient (Wildman–Crippen LogP) is 4.51. The molecule has 0 bridgehead atoms. The lowest BCUT2D eigenvalue weighted by Crippen LogP contribution is -2.41. The fourth-order valence-corrected chi connectivity index (χ4v) is 4.61. The van der Waals surface area contributed by atoms with E-state index in [9.17, 15) is 4.79 Å². The van der Waals surface area contributed by atoms with Crippen LogP contribution in [0.5, 0.6) is 5.75 Å². The topological polar surface area (TPSA) is 41.6 Å². The van der Waals surface area contributed by atoms with Gasteiger partial charge in [0.1, 0.15) is 5.75 Å². The number of rotatable bonds is 7. The van der Waals surface area contributed by atoms with Crippen molar-refractivity contribution in [3.63, 3.8) is 0 Å². The van der Waals surface area contributed by atoms with Gasteiger partial charge in [0.15, 0.2) is 0 Å². The van der Waals surface area contributed by atoms with Crippen molar-refractivity contribution in [3.05, 3.63) is 51.7 Å². The lowest BCUT2D eigenvalue weighted by atomic mass is 10.0. The van der Waals surface area contributed by atoms with Crippen LogP contribution >= 0.6 is 11.3 Å². The van der Waals surface area contributed by atoms with Crippen molar-refractivity contribution in [2.45, 2.75) is 45.1 Å². The van der Waals surface area contributed by atoms with E-state index in [2.05, 4.69) is 41.4 Å². The quantitative estimate of drug-likeness (QED) is 0.761. The summed E-state index contributed by atoms with van der Waals surface area (Å²) in [6.07, 6.45) is 3.75. The highest BCUT2D eigenvalue weighted by Crippen LogP contribution is 2.27. The molecule has 146 valence electrons. The van der Waals surface area contributed by atoms with Crippen LogP contribution in [0.25, 0.3) is 0 Å². The smallest absolute Gasteiger partial charge is 0.228 e. The Bertz CT molecular complexity index is 735. The summed E-state index contributed by atoms with van der Waals surface area (Å²) in [6.45, 7) is 6.89. The molecule has 1 N–H and O–H groups in total. The SMILES string of the molecule is COc1ccc([C@@H](CNC(=O)[C@@H](C)c2ccc(C)s2)N2CCCCC2)cc1. The number of ether oxygens (including phenoxy) is 1. The molecule has 1 amide bonds. The average molecular weight is 387 g/mol. The van der Waals surface area contributed by atoms with Crippen LogP contribution < -0.4 is 10.1 Å². The normalized spacial score (nSPS) is 17.3. The molecule has 1 aromatic heterocycles. The summed E-state index contributed by atoms with van der Waals surface area (Å²) in [4.78, 5) is 17.6. The van der Waals surface area contributed by atoms with Gasteiger partial charge in [-0.3, -0.25) is 9.69 Å². The molecule has 4 nitrogen and oxygen atoms in total. The van der Waals surface area contributed by atoms with E-state index in [4.69, 9.17) is 4.74 Å². The van der Waals surface area contributed by atoms with Crippen LogP contribution in [0.1, 0.15) is 53.5 Å². The first kappa shape index (κ1) is 19.9. The Kier molecular flexibility index (Phi) is 6.91. The number of likely N-dealkylation sites (tertiary alicyclic amines) is 1. The van der Waals surface area contributed by atoms with E-state index in [0.29, 0.717) is 6.54 Å². The number of carbonyl (C=O) groups excluding carboxylic acids is 1. The van der Waals surface area contributed by atoms with Gasteiger partial charge < -0.3 is 10.1 Å².